The van der Waals surface area contributed by atoms with Gasteiger partial charge >= 0.3 is 0 Å². The van der Waals surface area contributed by atoms with Crippen molar-refractivity contribution in [1.82, 2.24) is 19.4 Å². The van der Waals surface area contributed by atoms with Crippen molar-refractivity contribution in [1.29, 1.82) is 0 Å². The molecule has 0 bridgehead atoms. The zero-order valence-electron chi connectivity index (χ0n) is 18.9. The number of carbonyl (C=O) groups is 2. The van der Waals surface area contributed by atoms with E-state index in [-0.39, 0.29) is 11.8 Å². The highest BCUT2D eigenvalue weighted by molar-refractivity contribution is 5.95. The Balaban J connectivity index is 0.00000119. The van der Waals surface area contributed by atoms with Crippen LogP contribution in [0.15, 0.2) is 48.8 Å². The smallest absolute Gasteiger partial charge is 0.254 e. The topological polar surface area (TPSA) is 78.7 Å². The number of imidazole rings is 1. The van der Waals surface area contributed by atoms with Crippen LogP contribution in [-0.4, -0.2) is 68.1 Å². The Hall–Kier alpha value is -3.19. The number of rotatable bonds is 3. The molecule has 7 heteroatoms. The molecule has 1 saturated carbocycles. The van der Waals surface area contributed by atoms with Crippen molar-refractivity contribution in [3.8, 4) is 11.1 Å². The Bertz CT molecular complexity index is 1120. The largest absolute Gasteiger partial charge is 0.380 e. The number of aromatic nitrogens is 2. The van der Waals surface area contributed by atoms with E-state index >= 15 is 0 Å². The van der Waals surface area contributed by atoms with Gasteiger partial charge in [-0.1, -0.05) is 32.0 Å². The van der Waals surface area contributed by atoms with Crippen molar-refractivity contribution >= 4 is 22.8 Å². The third-order valence-electron chi connectivity index (χ3n) is 6.17. The van der Waals surface area contributed by atoms with Gasteiger partial charge in [-0.25, -0.2) is 4.98 Å². The van der Waals surface area contributed by atoms with Gasteiger partial charge in [-0.15, -0.1) is 0 Å². The molecule has 0 unspecified atom stereocenters. The molecule has 0 spiro atoms. The fourth-order valence-electron chi connectivity index (χ4n) is 4.04. The quantitative estimate of drug-likeness (QED) is 0.687. The Labute approximate surface area is 188 Å². The highest BCUT2D eigenvalue weighted by Gasteiger charge is 2.50. The number of aliphatic hydroxyl groups is 1. The second-order valence-corrected chi connectivity index (χ2v) is 8.25. The molecule has 7 nitrogen and oxygen atoms in total. The lowest BCUT2D eigenvalue weighted by molar-refractivity contribution is -0.143. The third kappa shape index (κ3) is 4.12. The molecule has 32 heavy (non-hydrogen) atoms. The monoisotopic (exact) mass is 434 g/mol. The van der Waals surface area contributed by atoms with E-state index in [1.165, 1.54) is 0 Å². The Morgan fingerprint density at radius 3 is 2.12 bits per heavy atom. The van der Waals surface area contributed by atoms with E-state index in [0.29, 0.717) is 44.6 Å². The van der Waals surface area contributed by atoms with Crippen LogP contribution in [0.3, 0.4) is 0 Å². The van der Waals surface area contributed by atoms with Gasteiger partial charge in [-0.3, -0.25) is 9.59 Å². The first-order valence-corrected chi connectivity index (χ1v) is 11.3. The standard InChI is InChI=1S/C23H24N4O3.C2H6/c1-25-15-24-19-14-18(6-7-20(19)25)16-2-4-17(5-3-16)21(28)26-10-12-27(13-11-26)22(29)23(30)8-9-23;1-2/h2-7,14-15,30H,8-13H2,1H3;1-2H3. The third-order valence-corrected chi connectivity index (χ3v) is 6.17. The summed E-state index contributed by atoms with van der Waals surface area (Å²) in [6, 6.07) is 13.8. The van der Waals surface area contributed by atoms with Gasteiger partial charge < -0.3 is 19.5 Å². The van der Waals surface area contributed by atoms with Crippen LogP contribution in [0.5, 0.6) is 0 Å². The summed E-state index contributed by atoms with van der Waals surface area (Å²) in [6.07, 6.45) is 2.89. The van der Waals surface area contributed by atoms with E-state index in [4.69, 9.17) is 0 Å². The minimum absolute atomic E-state index is 0.0287. The van der Waals surface area contributed by atoms with E-state index in [1.807, 2.05) is 49.7 Å². The number of amides is 2. The van der Waals surface area contributed by atoms with Crippen LogP contribution in [0.4, 0.5) is 0 Å². The minimum Gasteiger partial charge on any atom is -0.380 e. The summed E-state index contributed by atoms with van der Waals surface area (Å²) in [5, 5.41) is 10.0. The SMILES string of the molecule is CC.Cn1cnc2cc(-c3ccc(C(=O)N4CCN(C(=O)C5(O)CC5)CC4)cc3)ccc21. The van der Waals surface area contributed by atoms with Gasteiger partial charge in [-0.05, 0) is 48.2 Å². The van der Waals surface area contributed by atoms with Gasteiger partial charge in [0.25, 0.3) is 11.8 Å². The number of benzene rings is 2. The Morgan fingerprint density at radius 1 is 0.906 bits per heavy atom. The first-order valence-electron chi connectivity index (χ1n) is 11.3. The number of hydrogen-bond donors (Lipinski definition) is 1. The first-order chi connectivity index (χ1) is 15.4. The Kier molecular flexibility index (Phi) is 6.02. The second-order valence-electron chi connectivity index (χ2n) is 8.25. The predicted molar refractivity (Wildman–Crippen MR) is 124 cm³/mol. The number of carbonyl (C=O) groups excluding carboxylic acids is 2. The molecule has 3 aromatic rings. The number of nitrogens with zero attached hydrogens (tertiary/aromatic N) is 4. The maximum Gasteiger partial charge on any atom is 0.254 e. The number of hydrogen-bond acceptors (Lipinski definition) is 4. The molecule has 1 aliphatic heterocycles. The van der Waals surface area contributed by atoms with Crippen LogP contribution in [0.1, 0.15) is 37.0 Å². The van der Waals surface area contributed by atoms with E-state index in [0.717, 1.165) is 22.2 Å². The van der Waals surface area contributed by atoms with Crippen LogP contribution in [0.2, 0.25) is 0 Å². The van der Waals surface area contributed by atoms with Crippen molar-refractivity contribution < 1.29 is 14.7 Å². The van der Waals surface area contributed by atoms with E-state index in [9.17, 15) is 14.7 Å². The lowest BCUT2D eigenvalue weighted by Crippen LogP contribution is -2.53. The summed E-state index contributed by atoms with van der Waals surface area (Å²) in [4.78, 5) is 33.0. The van der Waals surface area contributed by atoms with E-state index in [2.05, 4.69) is 23.2 Å². The first kappa shape index (κ1) is 22.0. The summed E-state index contributed by atoms with van der Waals surface area (Å²) < 4.78 is 1.99. The van der Waals surface area contributed by atoms with Crippen molar-refractivity contribution in [2.75, 3.05) is 26.2 Å². The fraction of sp³-hybridized carbons (Fsp3) is 0.400. The van der Waals surface area contributed by atoms with Gasteiger partial charge in [-0.2, -0.15) is 0 Å². The molecule has 2 aliphatic rings. The van der Waals surface area contributed by atoms with Gasteiger partial charge in [0.1, 0.15) is 5.60 Å². The molecule has 2 fully saturated rings. The lowest BCUT2D eigenvalue weighted by Gasteiger charge is -2.35. The highest BCUT2D eigenvalue weighted by atomic mass is 16.3. The normalized spacial score (nSPS) is 17.0. The van der Waals surface area contributed by atoms with Crippen LogP contribution in [0, 0.1) is 0 Å². The molecule has 5 rings (SSSR count). The Morgan fingerprint density at radius 2 is 1.50 bits per heavy atom. The van der Waals surface area contributed by atoms with Crippen LogP contribution < -0.4 is 0 Å². The fourth-order valence-corrected chi connectivity index (χ4v) is 4.04. The van der Waals surface area contributed by atoms with Gasteiger partial charge in [0.15, 0.2) is 0 Å². The van der Waals surface area contributed by atoms with Crippen LogP contribution in [-0.2, 0) is 11.8 Å². The number of fused-ring (bicyclic) bond motifs is 1. The maximum absolute atomic E-state index is 12.9. The van der Waals surface area contributed by atoms with Crippen molar-refractivity contribution in [2.24, 2.45) is 7.05 Å². The molecule has 0 atom stereocenters. The molecule has 2 heterocycles. The molecule has 1 N–H and O–H groups in total. The van der Waals surface area contributed by atoms with Crippen molar-refractivity contribution in [2.45, 2.75) is 32.3 Å². The highest BCUT2D eigenvalue weighted by Crippen LogP contribution is 2.37. The lowest BCUT2D eigenvalue weighted by atomic mass is 10.0. The molecule has 168 valence electrons. The molecule has 1 aromatic heterocycles. The van der Waals surface area contributed by atoms with Gasteiger partial charge in [0, 0.05) is 38.8 Å². The van der Waals surface area contributed by atoms with E-state index in [1.54, 1.807) is 16.1 Å². The average Bonchev–Trinajstić information content (AvgIpc) is 3.50. The number of piperazine rings is 1. The summed E-state index contributed by atoms with van der Waals surface area (Å²) in [5.74, 6) is -0.220. The summed E-state index contributed by atoms with van der Waals surface area (Å²) in [6.45, 7) is 5.90. The molecule has 2 aromatic carbocycles. The summed E-state index contributed by atoms with van der Waals surface area (Å²) in [5.41, 5.74) is 3.62. The molecular weight excluding hydrogens is 404 g/mol. The zero-order chi connectivity index (χ0) is 22.9. The summed E-state index contributed by atoms with van der Waals surface area (Å²) >= 11 is 0. The van der Waals surface area contributed by atoms with Crippen molar-refractivity contribution in [3.05, 3.63) is 54.4 Å². The second kappa shape index (κ2) is 8.74. The minimum atomic E-state index is -1.14. The van der Waals surface area contributed by atoms with Gasteiger partial charge in [0.2, 0.25) is 0 Å². The number of aryl methyl sites for hydroxylation is 1. The maximum atomic E-state index is 12.9. The van der Waals surface area contributed by atoms with Gasteiger partial charge in [0.05, 0.1) is 17.4 Å². The van der Waals surface area contributed by atoms with Crippen molar-refractivity contribution in [3.63, 3.8) is 0 Å². The molecule has 1 aliphatic carbocycles. The van der Waals surface area contributed by atoms with Crippen LogP contribution in [0.25, 0.3) is 22.2 Å². The average molecular weight is 435 g/mol. The molecular formula is C25H30N4O3. The van der Waals surface area contributed by atoms with E-state index < -0.39 is 5.60 Å². The predicted octanol–water partition coefficient (Wildman–Crippen LogP) is 3.08. The molecule has 2 amide bonds. The summed E-state index contributed by atoms with van der Waals surface area (Å²) in [7, 11) is 1.97. The molecule has 1 saturated heterocycles. The van der Waals surface area contributed by atoms with Crippen LogP contribution >= 0.6 is 0 Å². The molecule has 0 radical (unpaired) electrons. The zero-order valence-corrected chi connectivity index (χ0v) is 18.9.